The van der Waals surface area contributed by atoms with E-state index < -0.39 is 5.54 Å². The number of carbonyl (C=O) groups excluding carboxylic acids is 1. The largest absolute Gasteiger partial charge is 0.623 e. The van der Waals surface area contributed by atoms with Crippen LogP contribution in [-0.4, -0.2) is 22.3 Å². The minimum Gasteiger partial charge on any atom is -0.623 e. The first-order valence-electron chi connectivity index (χ1n) is 4.48. The zero-order valence-corrected chi connectivity index (χ0v) is 8.15. The van der Waals surface area contributed by atoms with E-state index in [1.165, 1.54) is 6.21 Å². The molecule has 0 saturated heterocycles. The number of hydrogen-bond acceptors (Lipinski definition) is 2. The number of Topliss-reactive ketones (excluding diaryl/α,β-unsaturated/α-hetero) is 1. The highest BCUT2D eigenvalue weighted by molar-refractivity contribution is 6.09. The van der Waals surface area contributed by atoms with E-state index in [4.69, 9.17) is 0 Å². The number of fused-ring (bicyclic) bond motifs is 1. The van der Waals surface area contributed by atoms with E-state index in [1.807, 2.05) is 6.07 Å². The first kappa shape index (κ1) is 8.94. The average molecular weight is 189 g/mol. The molecule has 0 fully saturated rings. The third-order valence-corrected chi connectivity index (χ3v) is 2.57. The smallest absolute Gasteiger partial charge is 0.234 e. The first-order valence-corrected chi connectivity index (χ1v) is 4.48. The number of ketones is 1. The number of nitrogens with zero attached hydrogens (tertiary/aromatic N) is 1. The molecule has 0 aliphatic carbocycles. The van der Waals surface area contributed by atoms with Crippen LogP contribution in [0.25, 0.3) is 0 Å². The quantitative estimate of drug-likeness (QED) is 0.459. The average Bonchev–Trinajstić information content (AvgIpc) is 2.15. The minimum absolute atomic E-state index is 0.120. The van der Waals surface area contributed by atoms with Gasteiger partial charge in [-0.25, -0.2) is 0 Å². The molecule has 1 aromatic carbocycles. The molecule has 0 spiro atoms. The van der Waals surface area contributed by atoms with Gasteiger partial charge in [0.15, 0.2) is 6.21 Å². The molecular formula is C11H11NO2. The van der Waals surface area contributed by atoms with Gasteiger partial charge in [-0.1, -0.05) is 18.2 Å². The lowest BCUT2D eigenvalue weighted by Gasteiger charge is -2.26. The molecule has 0 atom stereocenters. The number of benzene rings is 1. The second kappa shape index (κ2) is 2.67. The lowest BCUT2D eigenvalue weighted by Crippen LogP contribution is -2.45. The number of hydroxylamine groups is 1. The molecule has 2 rings (SSSR count). The molecule has 72 valence electrons. The Morgan fingerprint density at radius 3 is 2.64 bits per heavy atom. The van der Waals surface area contributed by atoms with Crippen LogP contribution in [0.5, 0.6) is 0 Å². The molecule has 3 nitrogen and oxygen atoms in total. The van der Waals surface area contributed by atoms with Crippen molar-refractivity contribution in [2.75, 3.05) is 0 Å². The molecule has 1 aliphatic heterocycles. The monoisotopic (exact) mass is 189 g/mol. The van der Waals surface area contributed by atoms with Crippen molar-refractivity contribution in [1.29, 1.82) is 0 Å². The minimum atomic E-state index is -0.978. The Morgan fingerprint density at radius 2 is 1.93 bits per heavy atom. The first-order chi connectivity index (χ1) is 6.53. The molecule has 14 heavy (non-hydrogen) atoms. The van der Waals surface area contributed by atoms with Gasteiger partial charge in [0.05, 0.1) is 5.56 Å². The Hall–Kier alpha value is -1.64. The van der Waals surface area contributed by atoms with Crippen LogP contribution >= 0.6 is 0 Å². The molecule has 0 amide bonds. The van der Waals surface area contributed by atoms with E-state index in [1.54, 1.807) is 32.0 Å². The summed E-state index contributed by atoms with van der Waals surface area (Å²) in [6.45, 7) is 3.27. The van der Waals surface area contributed by atoms with Gasteiger partial charge in [0.25, 0.3) is 0 Å². The lowest BCUT2D eigenvalue weighted by molar-refractivity contribution is -0.516. The number of hydrogen-bond donors (Lipinski definition) is 0. The molecule has 3 heteroatoms. The normalized spacial score (nSPS) is 18.7. The maximum atomic E-state index is 11.9. The fraction of sp³-hybridized carbons (Fsp3) is 0.273. The third kappa shape index (κ3) is 1.05. The van der Waals surface area contributed by atoms with Crippen molar-refractivity contribution in [3.8, 4) is 0 Å². The molecule has 0 aromatic heterocycles. The van der Waals surface area contributed by atoms with Crippen LogP contribution < -0.4 is 0 Å². The van der Waals surface area contributed by atoms with Crippen LogP contribution in [-0.2, 0) is 0 Å². The van der Waals surface area contributed by atoms with Crippen LogP contribution in [0.3, 0.4) is 0 Å². The summed E-state index contributed by atoms with van der Waals surface area (Å²) in [7, 11) is 0. The van der Waals surface area contributed by atoms with E-state index in [2.05, 4.69) is 0 Å². The third-order valence-electron chi connectivity index (χ3n) is 2.57. The molecule has 0 bridgehead atoms. The topological polar surface area (TPSA) is 43.1 Å². The van der Waals surface area contributed by atoms with Gasteiger partial charge in [-0.3, -0.25) is 4.79 Å². The number of carbonyl (C=O) groups is 1. The predicted octanol–water partition coefficient (Wildman–Crippen LogP) is 1.59. The second-order valence-corrected chi connectivity index (χ2v) is 3.93. The summed E-state index contributed by atoms with van der Waals surface area (Å²) < 4.78 is 0.720. The molecular weight excluding hydrogens is 178 g/mol. The van der Waals surface area contributed by atoms with E-state index in [9.17, 15) is 10.0 Å². The zero-order valence-electron chi connectivity index (χ0n) is 8.15. The van der Waals surface area contributed by atoms with E-state index in [0.29, 0.717) is 11.1 Å². The summed E-state index contributed by atoms with van der Waals surface area (Å²) in [6, 6.07) is 7.15. The predicted molar refractivity (Wildman–Crippen MR) is 53.6 cm³/mol. The van der Waals surface area contributed by atoms with Crippen molar-refractivity contribution in [3.05, 3.63) is 40.6 Å². The molecule has 0 radical (unpaired) electrons. The van der Waals surface area contributed by atoms with Gasteiger partial charge >= 0.3 is 0 Å². The summed E-state index contributed by atoms with van der Waals surface area (Å²) in [4.78, 5) is 11.9. The van der Waals surface area contributed by atoms with Gasteiger partial charge in [0.2, 0.25) is 11.3 Å². The van der Waals surface area contributed by atoms with Gasteiger partial charge in [-0.05, 0) is 6.07 Å². The van der Waals surface area contributed by atoms with Crippen molar-refractivity contribution in [2.24, 2.45) is 0 Å². The van der Waals surface area contributed by atoms with Crippen LogP contribution in [0, 0.1) is 5.21 Å². The molecule has 0 saturated carbocycles. The lowest BCUT2D eigenvalue weighted by atomic mass is 9.88. The zero-order chi connectivity index (χ0) is 10.3. The highest BCUT2D eigenvalue weighted by Crippen LogP contribution is 2.22. The van der Waals surface area contributed by atoms with Crippen LogP contribution in [0.1, 0.15) is 29.8 Å². The molecule has 1 aromatic rings. The van der Waals surface area contributed by atoms with Gasteiger partial charge in [0, 0.05) is 19.4 Å². The molecule has 1 aliphatic rings. The summed E-state index contributed by atoms with van der Waals surface area (Å²) in [5, 5.41) is 11.5. The highest BCUT2D eigenvalue weighted by Gasteiger charge is 2.40. The highest BCUT2D eigenvalue weighted by atomic mass is 16.5. The summed E-state index contributed by atoms with van der Waals surface area (Å²) in [6.07, 6.45) is 1.47. The molecule has 0 N–H and O–H groups in total. The summed E-state index contributed by atoms with van der Waals surface area (Å²) in [5.41, 5.74) is 0.352. The number of rotatable bonds is 0. The maximum Gasteiger partial charge on any atom is 0.234 e. The van der Waals surface area contributed by atoms with Gasteiger partial charge < -0.3 is 5.21 Å². The summed E-state index contributed by atoms with van der Waals surface area (Å²) in [5.74, 6) is -0.120. The van der Waals surface area contributed by atoms with Crippen LogP contribution in [0.2, 0.25) is 0 Å². The summed E-state index contributed by atoms with van der Waals surface area (Å²) >= 11 is 0. The van der Waals surface area contributed by atoms with Crippen molar-refractivity contribution >= 4 is 12.0 Å². The Morgan fingerprint density at radius 1 is 1.29 bits per heavy atom. The van der Waals surface area contributed by atoms with Gasteiger partial charge in [-0.2, -0.15) is 4.74 Å². The Labute approximate surface area is 82.3 Å². The van der Waals surface area contributed by atoms with Crippen molar-refractivity contribution < 1.29 is 9.53 Å². The van der Waals surface area contributed by atoms with Gasteiger partial charge in [-0.15, -0.1) is 0 Å². The van der Waals surface area contributed by atoms with E-state index in [-0.39, 0.29) is 5.78 Å². The fourth-order valence-corrected chi connectivity index (χ4v) is 1.53. The van der Waals surface area contributed by atoms with Crippen molar-refractivity contribution in [2.45, 2.75) is 19.4 Å². The standard InChI is InChI=1S/C11H11NO2/c1-11(2)10(13)9-6-4-3-5-8(9)7-12(11)14/h3-7H,1-2H3. The van der Waals surface area contributed by atoms with Crippen molar-refractivity contribution in [1.82, 2.24) is 0 Å². The van der Waals surface area contributed by atoms with Crippen molar-refractivity contribution in [3.63, 3.8) is 0 Å². The van der Waals surface area contributed by atoms with Crippen LogP contribution in [0.15, 0.2) is 24.3 Å². The second-order valence-electron chi connectivity index (χ2n) is 3.93. The Kier molecular flexibility index (Phi) is 1.71. The van der Waals surface area contributed by atoms with E-state index >= 15 is 0 Å². The fourth-order valence-electron chi connectivity index (χ4n) is 1.53. The van der Waals surface area contributed by atoms with Gasteiger partial charge in [0.1, 0.15) is 0 Å². The SMILES string of the molecule is CC1(C)C(=O)c2ccccc2C=[N+]1[O-]. The Bertz CT molecular complexity index is 433. The molecule has 0 unspecified atom stereocenters. The molecule has 1 heterocycles. The van der Waals surface area contributed by atoms with E-state index in [0.717, 1.165) is 4.74 Å². The Balaban J connectivity index is 2.68. The maximum absolute atomic E-state index is 11.9. The van der Waals surface area contributed by atoms with Crippen LogP contribution in [0.4, 0.5) is 0 Å².